The molecule has 1 aromatic heterocycles. The normalized spacial score (nSPS) is 16.3. The second kappa shape index (κ2) is 6.89. The maximum Gasteiger partial charge on any atom is 0.169 e. The largest absolute Gasteiger partial charge is 0.507 e. The second-order valence-electron chi connectivity index (χ2n) is 6.90. The monoisotopic (exact) mass is 362 g/mol. The molecule has 0 aliphatic carbocycles. The van der Waals surface area contributed by atoms with Crippen molar-refractivity contribution in [3.63, 3.8) is 0 Å². The quantitative estimate of drug-likeness (QED) is 0.663. The van der Waals surface area contributed by atoms with Gasteiger partial charge in [0.25, 0.3) is 0 Å². The van der Waals surface area contributed by atoms with E-state index in [0.29, 0.717) is 43.0 Å². The highest BCUT2D eigenvalue weighted by atomic mass is 16.3. The van der Waals surface area contributed by atoms with Crippen LogP contribution in [0, 0.1) is 0 Å². The van der Waals surface area contributed by atoms with E-state index in [1.54, 1.807) is 18.2 Å². The molecule has 27 heavy (non-hydrogen) atoms. The lowest BCUT2D eigenvalue weighted by Crippen LogP contribution is -2.43. The lowest BCUT2D eigenvalue weighted by Gasteiger charge is -2.39. The van der Waals surface area contributed by atoms with Crippen LogP contribution in [0.2, 0.25) is 0 Å². The zero-order chi connectivity index (χ0) is 18.9. The first-order chi connectivity index (χ1) is 13.1. The molecule has 4 N–H and O–H groups in total. The molecule has 1 fully saturated rings. The Balaban J connectivity index is 1.58. The van der Waals surface area contributed by atoms with Crippen molar-refractivity contribution in [2.75, 3.05) is 23.7 Å². The van der Waals surface area contributed by atoms with Gasteiger partial charge < -0.3 is 20.8 Å². The van der Waals surface area contributed by atoms with Gasteiger partial charge in [0, 0.05) is 18.7 Å². The number of aliphatic hydroxyl groups is 1. The summed E-state index contributed by atoms with van der Waals surface area (Å²) >= 11 is 0. The SMILES string of the molecule is Nc1nnc(-c2ccccc2O)cc1N1CCC(O)(c2ccccc2)CC1. The Kier molecular flexibility index (Phi) is 4.41. The van der Waals surface area contributed by atoms with Crippen LogP contribution in [-0.4, -0.2) is 33.5 Å². The molecule has 4 rings (SSSR count). The predicted molar refractivity (Wildman–Crippen MR) is 105 cm³/mol. The highest BCUT2D eigenvalue weighted by Crippen LogP contribution is 2.37. The number of nitrogen functional groups attached to an aromatic ring is 1. The number of phenolic OH excluding ortho intramolecular Hbond substituents is 1. The van der Waals surface area contributed by atoms with Gasteiger partial charge in [0.05, 0.1) is 17.0 Å². The average molecular weight is 362 g/mol. The number of benzene rings is 2. The third-order valence-corrected chi connectivity index (χ3v) is 5.22. The molecule has 0 bridgehead atoms. The number of anilines is 2. The number of piperidine rings is 1. The molecule has 1 saturated heterocycles. The van der Waals surface area contributed by atoms with Gasteiger partial charge in [-0.1, -0.05) is 42.5 Å². The summed E-state index contributed by atoms with van der Waals surface area (Å²) in [5.74, 6) is 0.499. The number of rotatable bonds is 3. The van der Waals surface area contributed by atoms with Crippen molar-refractivity contribution in [2.24, 2.45) is 0 Å². The molecular weight excluding hydrogens is 340 g/mol. The van der Waals surface area contributed by atoms with Crippen LogP contribution in [0.3, 0.4) is 0 Å². The van der Waals surface area contributed by atoms with Gasteiger partial charge in [-0.15, -0.1) is 10.2 Å². The van der Waals surface area contributed by atoms with E-state index in [0.717, 1.165) is 11.3 Å². The van der Waals surface area contributed by atoms with E-state index in [2.05, 4.69) is 15.1 Å². The minimum absolute atomic E-state index is 0.152. The molecule has 6 nitrogen and oxygen atoms in total. The Hall–Kier alpha value is -3.12. The molecule has 0 spiro atoms. The number of nitrogens with two attached hydrogens (primary N) is 1. The number of hydrogen-bond acceptors (Lipinski definition) is 6. The summed E-state index contributed by atoms with van der Waals surface area (Å²) in [5.41, 5.74) is 8.16. The molecule has 0 saturated carbocycles. The number of hydrogen-bond donors (Lipinski definition) is 3. The third-order valence-electron chi connectivity index (χ3n) is 5.22. The van der Waals surface area contributed by atoms with Crippen LogP contribution < -0.4 is 10.6 Å². The Morgan fingerprint density at radius 2 is 1.59 bits per heavy atom. The van der Waals surface area contributed by atoms with Gasteiger partial charge in [0.2, 0.25) is 0 Å². The van der Waals surface area contributed by atoms with Crippen LogP contribution in [0.1, 0.15) is 18.4 Å². The van der Waals surface area contributed by atoms with Crippen LogP contribution in [0.15, 0.2) is 60.7 Å². The third kappa shape index (κ3) is 3.31. The number of para-hydroxylation sites is 1. The molecule has 0 unspecified atom stereocenters. The van der Waals surface area contributed by atoms with Gasteiger partial charge in [0.1, 0.15) is 5.75 Å². The minimum Gasteiger partial charge on any atom is -0.507 e. The summed E-state index contributed by atoms with van der Waals surface area (Å²) in [6, 6.07) is 18.6. The Morgan fingerprint density at radius 3 is 2.30 bits per heavy atom. The molecule has 138 valence electrons. The zero-order valence-corrected chi connectivity index (χ0v) is 14.9. The molecule has 0 radical (unpaired) electrons. The van der Waals surface area contributed by atoms with Crippen molar-refractivity contribution in [1.82, 2.24) is 10.2 Å². The molecule has 2 aromatic carbocycles. The summed E-state index contributed by atoms with van der Waals surface area (Å²) in [6.45, 7) is 1.31. The molecule has 2 heterocycles. The van der Waals surface area contributed by atoms with Gasteiger partial charge in [0.15, 0.2) is 5.82 Å². The standard InChI is InChI=1S/C21H22N4O2/c22-20-18(14-17(23-24-20)16-8-4-5-9-19(16)26)25-12-10-21(27,11-13-25)15-6-2-1-3-7-15/h1-9,14,26-27H,10-13H2,(H2,22,24). The highest BCUT2D eigenvalue weighted by Gasteiger charge is 2.34. The fourth-order valence-electron chi connectivity index (χ4n) is 3.62. The molecule has 3 aromatic rings. The lowest BCUT2D eigenvalue weighted by atomic mass is 9.84. The van der Waals surface area contributed by atoms with E-state index < -0.39 is 5.60 Å². The summed E-state index contributed by atoms with van der Waals surface area (Å²) in [4.78, 5) is 2.12. The highest BCUT2D eigenvalue weighted by molar-refractivity contribution is 5.74. The van der Waals surface area contributed by atoms with E-state index >= 15 is 0 Å². The van der Waals surface area contributed by atoms with E-state index in [1.807, 2.05) is 42.5 Å². The maximum atomic E-state index is 11.0. The topological polar surface area (TPSA) is 95.5 Å². The van der Waals surface area contributed by atoms with Crippen LogP contribution in [0.25, 0.3) is 11.3 Å². The van der Waals surface area contributed by atoms with Gasteiger partial charge in [-0.25, -0.2) is 0 Å². The zero-order valence-electron chi connectivity index (χ0n) is 14.9. The second-order valence-corrected chi connectivity index (χ2v) is 6.90. The van der Waals surface area contributed by atoms with Crippen molar-refractivity contribution < 1.29 is 10.2 Å². The van der Waals surface area contributed by atoms with Crippen LogP contribution in [0.5, 0.6) is 5.75 Å². The number of nitrogens with zero attached hydrogens (tertiary/aromatic N) is 3. The summed E-state index contributed by atoms with van der Waals surface area (Å²) in [5, 5.41) is 29.3. The van der Waals surface area contributed by atoms with Gasteiger partial charge >= 0.3 is 0 Å². The van der Waals surface area contributed by atoms with E-state index in [-0.39, 0.29) is 5.75 Å². The van der Waals surface area contributed by atoms with Crippen molar-refractivity contribution in [3.8, 4) is 17.0 Å². The summed E-state index contributed by atoms with van der Waals surface area (Å²) in [6.07, 6.45) is 1.20. The van der Waals surface area contributed by atoms with Gasteiger partial charge in [-0.2, -0.15) is 0 Å². The van der Waals surface area contributed by atoms with Crippen molar-refractivity contribution in [3.05, 3.63) is 66.2 Å². The van der Waals surface area contributed by atoms with E-state index in [9.17, 15) is 10.2 Å². The van der Waals surface area contributed by atoms with Gasteiger partial charge in [-0.05, 0) is 36.6 Å². The molecule has 0 amide bonds. The molecule has 1 aliphatic heterocycles. The average Bonchev–Trinajstić information content (AvgIpc) is 2.70. The minimum atomic E-state index is -0.826. The Morgan fingerprint density at radius 1 is 0.926 bits per heavy atom. The molecular formula is C21H22N4O2. The molecule has 1 aliphatic rings. The van der Waals surface area contributed by atoms with Crippen molar-refractivity contribution >= 4 is 11.5 Å². The fourth-order valence-corrected chi connectivity index (χ4v) is 3.62. The van der Waals surface area contributed by atoms with Crippen molar-refractivity contribution in [1.29, 1.82) is 0 Å². The smallest absolute Gasteiger partial charge is 0.169 e. The van der Waals surface area contributed by atoms with E-state index in [4.69, 9.17) is 5.73 Å². The molecule has 6 heteroatoms. The van der Waals surface area contributed by atoms with E-state index in [1.165, 1.54) is 0 Å². The lowest BCUT2D eigenvalue weighted by molar-refractivity contribution is 0.0118. The first-order valence-corrected chi connectivity index (χ1v) is 9.01. The number of aromatic hydroxyl groups is 1. The number of aromatic nitrogens is 2. The van der Waals surface area contributed by atoms with Gasteiger partial charge in [-0.3, -0.25) is 0 Å². The number of phenols is 1. The molecule has 0 atom stereocenters. The summed E-state index contributed by atoms with van der Waals surface area (Å²) < 4.78 is 0. The maximum absolute atomic E-state index is 11.0. The Bertz CT molecular complexity index is 938. The van der Waals surface area contributed by atoms with Crippen LogP contribution in [0.4, 0.5) is 11.5 Å². The first-order valence-electron chi connectivity index (χ1n) is 9.01. The van der Waals surface area contributed by atoms with Crippen LogP contribution in [-0.2, 0) is 5.60 Å². The van der Waals surface area contributed by atoms with Crippen molar-refractivity contribution in [2.45, 2.75) is 18.4 Å². The fraction of sp³-hybridized carbons (Fsp3) is 0.238. The summed E-state index contributed by atoms with van der Waals surface area (Å²) in [7, 11) is 0. The van der Waals surface area contributed by atoms with Crippen LogP contribution >= 0.6 is 0 Å². The first kappa shape index (κ1) is 17.3. The predicted octanol–water partition coefficient (Wildman–Crippen LogP) is 2.92. The Labute approximate surface area is 157 Å².